The Hall–Kier alpha value is 0.630. The zero-order valence-corrected chi connectivity index (χ0v) is 8.43. The largest absolute Gasteiger partial charge is 0.362 e. The van der Waals surface area contributed by atoms with E-state index in [2.05, 4.69) is 4.51 Å². The Labute approximate surface area is 79.8 Å². The summed E-state index contributed by atoms with van der Waals surface area (Å²) in [6, 6.07) is 0. The van der Waals surface area contributed by atoms with Crippen LogP contribution in [0.2, 0.25) is 0 Å². The van der Waals surface area contributed by atoms with Gasteiger partial charge in [-0.25, -0.2) is 0 Å². The average Bonchev–Trinajstić information content (AvgIpc) is 1.60. The molecule has 0 amide bonds. The van der Waals surface area contributed by atoms with Crippen LogP contribution in [0, 0.1) is 0 Å². The van der Waals surface area contributed by atoms with Crippen molar-refractivity contribution in [2.45, 2.75) is 3.79 Å². The number of nitrogens with zero attached hydrogens (tertiary/aromatic N) is 2. The summed E-state index contributed by atoms with van der Waals surface area (Å²) in [7, 11) is 3.37. The first-order chi connectivity index (χ1) is 4.39. The number of hydrogen-bond acceptors (Lipinski definition) is 1. The molecule has 0 N–H and O–H groups in total. The van der Waals surface area contributed by atoms with Gasteiger partial charge in [0.05, 0.1) is 0 Å². The number of amidine groups is 1. The summed E-state index contributed by atoms with van der Waals surface area (Å²) < 4.78 is 1.73. The molecule has 0 spiro atoms. The molecule has 0 radical (unpaired) electrons. The lowest BCUT2D eigenvalue weighted by molar-refractivity contribution is 0.614. The minimum atomic E-state index is -1.55. The van der Waals surface area contributed by atoms with Crippen LogP contribution in [0.15, 0.2) is 4.51 Å². The predicted octanol–water partition coefficient (Wildman–Crippen LogP) is 2.47. The van der Waals surface area contributed by atoms with Crippen molar-refractivity contribution in [3.05, 3.63) is 0 Å². The average molecular weight is 224 g/mol. The molecule has 0 heterocycles. The van der Waals surface area contributed by atoms with Crippen LogP contribution in [0.5, 0.6) is 0 Å². The van der Waals surface area contributed by atoms with Gasteiger partial charge in [-0.15, -0.1) is 0 Å². The Kier molecular flexibility index (Phi) is 4.10. The number of rotatable bonds is 0. The molecule has 0 saturated carbocycles. The van der Waals surface area contributed by atoms with Crippen molar-refractivity contribution in [2.75, 3.05) is 14.1 Å². The highest BCUT2D eigenvalue weighted by Crippen LogP contribution is 2.29. The number of halogens is 4. The van der Waals surface area contributed by atoms with Gasteiger partial charge in [-0.05, 0) is 0 Å². The lowest BCUT2D eigenvalue weighted by Crippen LogP contribution is -2.33. The Balaban J connectivity index is 4.40. The van der Waals surface area contributed by atoms with E-state index < -0.39 is 3.79 Å². The first kappa shape index (κ1) is 10.6. The molecule has 0 rings (SSSR count). The first-order valence-electron chi connectivity index (χ1n) is 2.33. The quantitative estimate of drug-likeness (QED) is 0.350. The van der Waals surface area contributed by atoms with Crippen LogP contribution in [0.3, 0.4) is 0 Å². The molecule has 0 atom stereocenters. The minimum Gasteiger partial charge on any atom is -0.362 e. The molecular weight excluding hydrogens is 218 g/mol. The fourth-order valence-electron chi connectivity index (χ4n) is 0.377. The van der Waals surface area contributed by atoms with Gasteiger partial charge in [0.25, 0.3) is 0 Å². The molecule has 6 heteroatoms. The van der Waals surface area contributed by atoms with Crippen LogP contribution in [0.25, 0.3) is 0 Å². The van der Waals surface area contributed by atoms with Gasteiger partial charge in [0.1, 0.15) is 0 Å². The maximum Gasteiger partial charge on any atom is 0.249 e. The molecule has 0 bridgehead atoms. The second kappa shape index (κ2) is 3.86. The maximum absolute atomic E-state index is 5.47. The summed E-state index contributed by atoms with van der Waals surface area (Å²) in [6.45, 7) is 0. The molecule has 0 unspecified atom stereocenters. The molecule has 0 aromatic rings. The lowest BCUT2D eigenvalue weighted by Gasteiger charge is -2.19. The van der Waals surface area contributed by atoms with E-state index in [1.165, 1.54) is 4.90 Å². The van der Waals surface area contributed by atoms with Crippen molar-refractivity contribution in [3.63, 3.8) is 0 Å². The van der Waals surface area contributed by atoms with Crippen LogP contribution in [0.1, 0.15) is 0 Å². The SMILES string of the molecule is CN(C)C(=NCl)C(Cl)(Cl)Cl. The molecule has 10 heavy (non-hydrogen) atoms. The van der Waals surface area contributed by atoms with E-state index in [4.69, 9.17) is 46.6 Å². The van der Waals surface area contributed by atoms with E-state index in [-0.39, 0.29) is 5.84 Å². The van der Waals surface area contributed by atoms with Crippen molar-refractivity contribution in [3.8, 4) is 0 Å². The van der Waals surface area contributed by atoms with E-state index in [0.29, 0.717) is 0 Å². The summed E-state index contributed by atoms with van der Waals surface area (Å²) in [4.78, 5) is 1.53. The molecule has 0 saturated heterocycles. The molecule has 0 aliphatic rings. The predicted molar refractivity (Wildman–Crippen MR) is 47.3 cm³/mol. The summed E-state index contributed by atoms with van der Waals surface area (Å²) >= 11 is 21.5. The Morgan fingerprint density at radius 2 is 1.70 bits per heavy atom. The number of alkyl halides is 3. The summed E-state index contributed by atoms with van der Waals surface area (Å²) in [5.74, 6) is 0.194. The molecule has 60 valence electrons. The van der Waals surface area contributed by atoms with Gasteiger partial charge >= 0.3 is 0 Å². The Morgan fingerprint density at radius 1 is 1.30 bits per heavy atom. The van der Waals surface area contributed by atoms with Crippen molar-refractivity contribution < 1.29 is 0 Å². The van der Waals surface area contributed by atoms with Gasteiger partial charge in [0.15, 0.2) is 5.84 Å². The number of hydrogen-bond donors (Lipinski definition) is 0. The summed E-state index contributed by atoms with van der Waals surface area (Å²) in [5, 5.41) is 0. The van der Waals surface area contributed by atoms with Crippen LogP contribution in [-0.2, 0) is 0 Å². The van der Waals surface area contributed by atoms with E-state index >= 15 is 0 Å². The topological polar surface area (TPSA) is 15.6 Å². The maximum atomic E-state index is 5.47. The third-order valence-corrected chi connectivity index (χ3v) is 1.42. The molecule has 0 aliphatic carbocycles. The van der Waals surface area contributed by atoms with Gasteiger partial charge in [0, 0.05) is 25.9 Å². The summed E-state index contributed by atoms with van der Waals surface area (Å²) in [5.41, 5.74) is 0. The van der Waals surface area contributed by atoms with Crippen LogP contribution in [0.4, 0.5) is 0 Å². The van der Waals surface area contributed by atoms with Crippen molar-refractivity contribution in [2.24, 2.45) is 4.51 Å². The van der Waals surface area contributed by atoms with E-state index in [9.17, 15) is 0 Å². The van der Waals surface area contributed by atoms with E-state index in [1.807, 2.05) is 0 Å². The first-order valence-corrected chi connectivity index (χ1v) is 3.80. The standard InChI is InChI=1S/C4H6Cl4N2/c1-10(2)3(9-8)4(5,6)7/h1-2H3. The highest BCUT2D eigenvalue weighted by molar-refractivity contribution is 6.76. The van der Waals surface area contributed by atoms with E-state index in [1.54, 1.807) is 14.1 Å². The van der Waals surface area contributed by atoms with Crippen molar-refractivity contribution in [1.29, 1.82) is 0 Å². The Morgan fingerprint density at radius 3 is 1.70 bits per heavy atom. The lowest BCUT2D eigenvalue weighted by atomic mass is 10.6. The second-order valence-electron chi connectivity index (χ2n) is 1.80. The normalized spacial score (nSPS) is 13.6. The highest BCUT2D eigenvalue weighted by atomic mass is 35.6. The molecule has 2 nitrogen and oxygen atoms in total. The summed E-state index contributed by atoms with van der Waals surface area (Å²) in [6.07, 6.45) is 0. The minimum absolute atomic E-state index is 0.194. The zero-order chi connectivity index (χ0) is 8.36. The van der Waals surface area contributed by atoms with Crippen molar-refractivity contribution in [1.82, 2.24) is 4.90 Å². The fourth-order valence-corrected chi connectivity index (χ4v) is 1.42. The monoisotopic (exact) mass is 222 g/mol. The van der Waals surface area contributed by atoms with E-state index in [0.717, 1.165) is 0 Å². The highest BCUT2D eigenvalue weighted by Gasteiger charge is 2.29. The fraction of sp³-hybridized carbons (Fsp3) is 0.750. The molecule has 0 aromatic carbocycles. The smallest absolute Gasteiger partial charge is 0.249 e. The third kappa shape index (κ3) is 3.15. The molecule has 0 fully saturated rings. The molecule has 0 aliphatic heterocycles. The van der Waals surface area contributed by atoms with Crippen LogP contribution in [-0.4, -0.2) is 28.6 Å². The van der Waals surface area contributed by atoms with Gasteiger partial charge in [0.2, 0.25) is 3.79 Å². The Bertz CT molecular complexity index is 137. The van der Waals surface area contributed by atoms with Crippen LogP contribution >= 0.6 is 46.6 Å². The van der Waals surface area contributed by atoms with Crippen molar-refractivity contribution >= 4 is 52.4 Å². The molecular formula is C4H6Cl4N2. The molecule has 0 aromatic heterocycles. The van der Waals surface area contributed by atoms with Crippen LogP contribution < -0.4 is 0 Å². The zero-order valence-electron chi connectivity index (χ0n) is 5.41. The van der Waals surface area contributed by atoms with Gasteiger partial charge < -0.3 is 4.90 Å². The second-order valence-corrected chi connectivity index (χ2v) is 4.25. The third-order valence-electron chi connectivity index (χ3n) is 0.757. The van der Waals surface area contributed by atoms with Gasteiger partial charge in [-0.2, -0.15) is 4.51 Å². The van der Waals surface area contributed by atoms with Gasteiger partial charge in [-0.3, -0.25) is 0 Å². The van der Waals surface area contributed by atoms with Gasteiger partial charge in [-0.1, -0.05) is 34.8 Å².